The van der Waals surface area contributed by atoms with Gasteiger partial charge in [0.1, 0.15) is 0 Å². The van der Waals surface area contributed by atoms with Crippen LogP contribution in [0, 0.1) is 0 Å². The first-order chi connectivity index (χ1) is 12.8. The van der Waals surface area contributed by atoms with Gasteiger partial charge in [0.25, 0.3) is 0 Å². The topological polar surface area (TPSA) is 72.7 Å². The van der Waals surface area contributed by atoms with E-state index in [1.807, 2.05) is 29.1 Å². The van der Waals surface area contributed by atoms with Gasteiger partial charge in [-0.2, -0.15) is 5.10 Å². The van der Waals surface area contributed by atoms with Crippen LogP contribution in [0.5, 0.6) is 0 Å². The number of hydrogen-bond donors (Lipinski definition) is 2. The minimum absolute atomic E-state index is 0.606. The second-order valence-electron chi connectivity index (χ2n) is 5.70. The van der Waals surface area contributed by atoms with E-state index in [1.165, 1.54) is 0 Å². The second kappa shape index (κ2) is 12.1. The van der Waals surface area contributed by atoms with Crippen molar-refractivity contribution in [2.24, 2.45) is 4.99 Å². The molecular weight excluding hydrogens is 330 g/mol. The van der Waals surface area contributed by atoms with Crippen LogP contribution in [0.25, 0.3) is 5.69 Å². The molecule has 7 heteroatoms. The molecule has 0 unspecified atom stereocenters. The predicted molar refractivity (Wildman–Crippen MR) is 104 cm³/mol. The van der Waals surface area contributed by atoms with Gasteiger partial charge in [-0.3, -0.25) is 0 Å². The Labute approximate surface area is 155 Å². The standard InChI is InChI=1S/C19H29N5O2/c1-3-20-19(21-9-6-12-26-14-13-25-2)22-16-17-7-4-8-18(15-17)24-11-5-10-23-24/h4-5,7-8,10-11,15H,3,6,9,12-14,16H2,1-2H3,(H2,20,21,22). The molecule has 142 valence electrons. The zero-order valence-electron chi connectivity index (χ0n) is 15.6. The molecule has 0 amide bonds. The molecule has 0 spiro atoms. The maximum absolute atomic E-state index is 5.46. The van der Waals surface area contributed by atoms with Gasteiger partial charge in [0.15, 0.2) is 5.96 Å². The Hall–Kier alpha value is -2.38. The minimum atomic E-state index is 0.606. The summed E-state index contributed by atoms with van der Waals surface area (Å²) < 4.78 is 12.3. The fraction of sp³-hybridized carbons (Fsp3) is 0.474. The largest absolute Gasteiger partial charge is 0.382 e. The van der Waals surface area contributed by atoms with E-state index < -0.39 is 0 Å². The SMILES string of the molecule is CCNC(=NCc1cccc(-n2cccn2)c1)NCCCOCCOC. The molecule has 7 nitrogen and oxygen atoms in total. The molecule has 2 N–H and O–H groups in total. The molecule has 0 radical (unpaired) electrons. The average Bonchev–Trinajstić information content (AvgIpc) is 3.20. The van der Waals surface area contributed by atoms with Crippen LogP contribution in [0.4, 0.5) is 0 Å². The Morgan fingerprint density at radius 3 is 2.88 bits per heavy atom. The summed E-state index contributed by atoms with van der Waals surface area (Å²) in [7, 11) is 1.68. The van der Waals surface area contributed by atoms with Crippen LogP contribution < -0.4 is 10.6 Å². The number of nitrogens with one attached hydrogen (secondary N) is 2. The molecule has 1 aromatic heterocycles. The number of rotatable bonds is 11. The molecule has 26 heavy (non-hydrogen) atoms. The van der Waals surface area contributed by atoms with Crippen molar-refractivity contribution < 1.29 is 9.47 Å². The van der Waals surface area contributed by atoms with E-state index in [2.05, 4.69) is 39.8 Å². The van der Waals surface area contributed by atoms with Gasteiger partial charge in [0.05, 0.1) is 25.4 Å². The Kier molecular flexibility index (Phi) is 9.24. The predicted octanol–water partition coefficient (Wildman–Crippen LogP) is 1.98. The molecule has 0 aliphatic rings. The summed E-state index contributed by atoms with van der Waals surface area (Å²) in [6.45, 7) is 6.28. The Balaban J connectivity index is 1.81. The van der Waals surface area contributed by atoms with Crippen molar-refractivity contribution in [2.75, 3.05) is 40.0 Å². The highest BCUT2D eigenvalue weighted by molar-refractivity contribution is 5.79. The van der Waals surface area contributed by atoms with Crippen LogP contribution in [-0.4, -0.2) is 55.8 Å². The molecule has 0 aliphatic heterocycles. The molecule has 2 aromatic rings. The Morgan fingerprint density at radius 2 is 2.12 bits per heavy atom. The first-order valence-electron chi connectivity index (χ1n) is 9.01. The first kappa shape index (κ1) is 19.9. The van der Waals surface area contributed by atoms with Crippen LogP contribution in [-0.2, 0) is 16.0 Å². The molecular formula is C19H29N5O2. The Bertz CT molecular complexity index is 643. The molecule has 0 aliphatic carbocycles. The van der Waals surface area contributed by atoms with E-state index in [4.69, 9.17) is 9.47 Å². The van der Waals surface area contributed by atoms with Gasteiger partial charge < -0.3 is 20.1 Å². The monoisotopic (exact) mass is 359 g/mol. The molecule has 2 rings (SSSR count). The van der Waals surface area contributed by atoms with E-state index in [0.29, 0.717) is 26.4 Å². The van der Waals surface area contributed by atoms with Crippen LogP contribution in [0.3, 0.4) is 0 Å². The summed E-state index contributed by atoms with van der Waals surface area (Å²) in [5.41, 5.74) is 2.17. The van der Waals surface area contributed by atoms with Crippen molar-refractivity contribution in [3.05, 3.63) is 48.3 Å². The number of guanidine groups is 1. The maximum atomic E-state index is 5.46. The van der Waals surface area contributed by atoms with Crippen molar-refractivity contribution in [2.45, 2.75) is 19.9 Å². The van der Waals surface area contributed by atoms with Crippen LogP contribution >= 0.6 is 0 Å². The van der Waals surface area contributed by atoms with Gasteiger partial charge in [-0.05, 0) is 37.1 Å². The summed E-state index contributed by atoms with van der Waals surface area (Å²) in [6, 6.07) is 10.2. The summed E-state index contributed by atoms with van der Waals surface area (Å²) in [6.07, 6.45) is 4.63. The van der Waals surface area contributed by atoms with Gasteiger partial charge in [0.2, 0.25) is 0 Å². The molecule has 1 aromatic carbocycles. The summed E-state index contributed by atoms with van der Waals surface area (Å²) in [4.78, 5) is 4.66. The van der Waals surface area contributed by atoms with Crippen molar-refractivity contribution in [3.8, 4) is 5.69 Å². The van der Waals surface area contributed by atoms with Crippen molar-refractivity contribution in [1.29, 1.82) is 0 Å². The quantitative estimate of drug-likeness (QED) is 0.365. The number of aromatic nitrogens is 2. The number of aliphatic imine (C=N–C) groups is 1. The summed E-state index contributed by atoms with van der Waals surface area (Å²) in [5, 5.41) is 10.9. The summed E-state index contributed by atoms with van der Waals surface area (Å²) in [5.74, 6) is 0.814. The van der Waals surface area contributed by atoms with Crippen molar-refractivity contribution in [1.82, 2.24) is 20.4 Å². The molecule has 0 saturated heterocycles. The minimum Gasteiger partial charge on any atom is -0.382 e. The number of ether oxygens (including phenoxy) is 2. The van der Waals surface area contributed by atoms with Crippen LogP contribution in [0.1, 0.15) is 18.9 Å². The van der Waals surface area contributed by atoms with Crippen molar-refractivity contribution >= 4 is 5.96 Å². The third-order valence-electron chi connectivity index (χ3n) is 3.63. The molecule has 0 atom stereocenters. The molecule has 0 fully saturated rings. The Morgan fingerprint density at radius 1 is 1.19 bits per heavy atom. The number of nitrogens with zero attached hydrogens (tertiary/aromatic N) is 3. The maximum Gasteiger partial charge on any atom is 0.191 e. The lowest BCUT2D eigenvalue weighted by Crippen LogP contribution is -2.38. The van der Waals surface area contributed by atoms with Gasteiger partial charge >= 0.3 is 0 Å². The third-order valence-corrected chi connectivity index (χ3v) is 3.63. The van der Waals surface area contributed by atoms with Crippen LogP contribution in [0.15, 0.2) is 47.7 Å². The van der Waals surface area contributed by atoms with E-state index in [-0.39, 0.29) is 0 Å². The normalized spacial score (nSPS) is 11.5. The number of hydrogen-bond acceptors (Lipinski definition) is 4. The highest BCUT2D eigenvalue weighted by atomic mass is 16.5. The van der Waals surface area contributed by atoms with Crippen molar-refractivity contribution in [3.63, 3.8) is 0 Å². The van der Waals surface area contributed by atoms with E-state index in [0.717, 1.165) is 36.7 Å². The lowest BCUT2D eigenvalue weighted by Gasteiger charge is -2.11. The van der Waals surface area contributed by atoms with E-state index in [1.54, 1.807) is 13.3 Å². The highest BCUT2D eigenvalue weighted by Gasteiger charge is 2.00. The molecule has 0 bridgehead atoms. The highest BCUT2D eigenvalue weighted by Crippen LogP contribution is 2.10. The fourth-order valence-electron chi connectivity index (χ4n) is 2.36. The van der Waals surface area contributed by atoms with Crippen LogP contribution in [0.2, 0.25) is 0 Å². The smallest absolute Gasteiger partial charge is 0.191 e. The van der Waals surface area contributed by atoms with E-state index >= 15 is 0 Å². The van der Waals surface area contributed by atoms with Gasteiger partial charge in [-0.15, -0.1) is 0 Å². The zero-order valence-corrected chi connectivity index (χ0v) is 15.6. The van der Waals surface area contributed by atoms with Gasteiger partial charge in [-0.25, -0.2) is 9.67 Å². The lowest BCUT2D eigenvalue weighted by atomic mass is 10.2. The number of methoxy groups -OCH3 is 1. The third kappa shape index (κ3) is 7.25. The zero-order chi connectivity index (χ0) is 18.5. The average molecular weight is 359 g/mol. The van der Waals surface area contributed by atoms with Gasteiger partial charge in [0, 0.05) is 39.2 Å². The first-order valence-corrected chi connectivity index (χ1v) is 9.01. The fourth-order valence-corrected chi connectivity index (χ4v) is 2.36. The van der Waals surface area contributed by atoms with Gasteiger partial charge in [-0.1, -0.05) is 12.1 Å². The molecule has 1 heterocycles. The lowest BCUT2D eigenvalue weighted by molar-refractivity contribution is 0.0698. The number of benzene rings is 1. The second-order valence-corrected chi connectivity index (χ2v) is 5.70. The summed E-state index contributed by atoms with van der Waals surface area (Å²) >= 11 is 0. The van der Waals surface area contributed by atoms with E-state index in [9.17, 15) is 0 Å². The molecule has 0 saturated carbocycles.